The van der Waals surface area contributed by atoms with Crippen molar-refractivity contribution < 1.29 is 14.7 Å². The fourth-order valence-corrected chi connectivity index (χ4v) is 3.88. The zero-order valence-electron chi connectivity index (χ0n) is 9.14. The van der Waals surface area contributed by atoms with Crippen LogP contribution in [0.3, 0.4) is 0 Å². The van der Waals surface area contributed by atoms with E-state index in [9.17, 15) is 9.59 Å². The Balaban J connectivity index is 2.20. The van der Waals surface area contributed by atoms with Crippen LogP contribution in [0.25, 0.3) is 0 Å². The Morgan fingerprint density at radius 2 is 2.25 bits per heavy atom. The Kier molecular flexibility index (Phi) is 5.83. The maximum absolute atomic E-state index is 11.5. The highest BCUT2D eigenvalue weighted by atomic mass is 32.2. The first-order valence-corrected chi connectivity index (χ1v) is 7.20. The van der Waals surface area contributed by atoms with Crippen LogP contribution in [-0.2, 0) is 4.79 Å². The summed E-state index contributed by atoms with van der Waals surface area (Å²) in [5.74, 6) is 2.35. The van der Waals surface area contributed by atoms with E-state index in [1.54, 1.807) is 0 Å². The number of carboxylic acid groups (broad SMARTS) is 1. The molecule has 1 aliphatic rings. The van der Waals surface area contributed by atoms with Gasteiger partial charge in [0.1, 0.15) is 6.54 Å². The van der Waals surface area contributed by atoms with Crippen molar-refractivity contribution in [3.63, 3.8) is 0 Å². The number of aliphatic carboxylic acids is 1. The lowest BCUT2D eigenvalue weighted by Gasteiger charge is -2.22. The number of amides is 2. The Labute approximate surface area is 103 Å². The van der Waals surface area contributed by atoms with Crippen LogP contribution in [0.1, 0.15) is 0 Å². The number of carbonyl (C=O) groups excluding carboxylic acids is 1. The lowest BCUT2D eigenvalue weighted by Crippen LogP contribution is -2.43. The molecule has 0 spiro atoms. The summed E-state index contributed by atoms with van der Waals surface area (Å²) in [5.41, 5.74) is 0. The lowest BCUT2D eigenvalue weighted by atomic mass is 10.4. The van der Waals surface area contributed by atoms with Gasteiger partial charge < -0.3 is 15.3 Å². The van der Waals surface area contributed by atoms with Gasteiger partial charge in [-0.3, -0.25) is 4.79 Å². The minimum absolute atomic E-state index is 0.265. The minimum Gasteiger partial charge on any atom is -0.480 e. The molecule has 2 amide bonds. The number of hydrogen-bond acceptors (Lipinski definition) is 4. The number of nitrogens with one attached hydrogen (secondary N) is 1. The molecule has 5 nitrogen and oxygen atoms in total. The molecule has 1 unspecified atom stereocenters. The van der Waals surface area contributed by atoms with E-state index in [0.717, 1.165) is 11.5 Å². The Bertz CT molecular complexity index is 257. The summed E-state index contributed by atoms with van der Waals surface area (Å²) in [6, 6.07) is -0.321. The van der Waals surface area contributed by atoms with Crippen LogP contribution in [0.2, 0.25) is 0 Å². The second-order valence-electron chi connectivity index (χ2n) is 3.50. The van der Waals surface area contributed by atoms with E-state index in [0.29, 0.717) is 11.8 Å². The third-order valence-electron chi connectivity index (χ3n) is 2.09. The molecule has 1 atom stereocenters. The van der Waals surface area contributed by atoms with E-state index in [4.69, 9.17) is 5.11 Å². The van der Waals surface area contributed by atoms with Crippen molar-refractivity contribution in [2.24, 2.45) is 0 Å². The first kappa shape index (κ1) is 13.5. The number of hydrogen-bond donors (Lipinski definition) is 2. The predicted octanol–water partition coefficient (Wildman–Crippen LogP) is 0.561. The quantitative estimate of drug-likeness (QED) is 0.776. The van der Waals surface area contributed by atoms with Gasteiger partial charge >= 0.3 is 12.0 Å². The first-order chi connectivity index (χ1) is 7.59. The smallest absolute Gasteiger partial charge is 0.323 e. The van der Waals surface area contributed by atoms with Crippen molar-refractivity contribution in [1.29, 1.82) is 0 Å². The monoisotopic (exact) mass is 264 g/mol. The van der Waals surface area contributed by atoms with Crippen molar-refractivity contribution in [2.75, 3.05) is 37.4 Å². The number of rotatable bonds is 4. The van der Waals surface area contributed by atoms with E-state index in [1.165, 1.54) is 17.7 Å². The van der Waals surface area contributed by atoms with Crippen LogP contribution >= 0.6 is 23.5 Å². The predicted molar refractivity (Wildman–Crippen MR) is 67.2 cm³/mol. The summed E-state index contributed by atoms with van der Waals surface area (Å²) in [4.78, 5) is 23.0. The first-order valence-electron chi connectivity index (χ1n) is 4.99. The molecule has 1 rings (SSSR count). The number of urea groups is 1. The third-order valence-corrected chi connectivity index (χ3v) is 4.93. The van der Waals surface area contributed by atoms with Gasteiger partial charge in [0.05, 0.1) is 0 Å². The Morgan fingerprint density at radius 1 is 1.50 bits per heavy atom. The number of nitrogens with zero attached hydrogens (tertiary/aromatic N) is 1. The lowest BCUT2D eigenvalue weighted by molar-refractivity contribution is -0.137. The van der Waals surface area contributed by atoms with Gasteiger partial charge in [0.2, 0.25) is 0 Å². The molecule has 16 heavy (non-hydrogen) atoms. The molecule has 1 fully saturated rings. The maximum Gasteiger partial charge on any atom is 0.323 e. The van der Waals surface area contributed by atoms with E-state index in [1.807, 2.05) is 23.5 Å². The summed E-state index contributed by atoms with van der Waals surface area (Å²) in [6.07, 6.45) is 0. The van der Waals surface area contributed by atoms with Crippen molar-refractivity contribution in [3.8, 4) is 0 Å². The van der Waals surface area contributed by atoms with Crippen LogP contribution in [0.4, 0.5) is 4.79 Å². The average Bonchev–Trinajstić information content (AvgIpc) is 2.26. The molecule has 1 saturated heterocycles. The topological polar surface area (TPSA) is 69.6 Å². The Hall–Kier alpha value is -0.560. The number of thioether (sulfide) groups is 2. The summed E-state index contributed by atoms with van der Waals surface area (Å²) in [7, 11) is 1.48. The highest BCUT2D eigenvalue weighted by Gasteiger charge is 2.17. The third kappa shape index (κ3) is 4.98. The van der Waals surface area contributed by atoms with Gasteiger partial charge in [-0.05, 0) is 0 Å². The minimum atomic E-state index is -1.000. The van der Waals surface area contributed by atoms with E-state index in [2.05, 4.69) is 5.32 Å². The number of likely N-dealkylation sites (N-methyl/N-ethyl adjacent to an activating group) is 1. The second-order valence-corrected chi connectivity index (χ2v) is 6.06. The van der Waals surface area contributed by atoms with Gasteiger partial charge in [0.25, 0.3) is 0 Å². The molecule has 0 radical (unpaired) electrons. The largest absolute Gasteiger partial charge is 0.480 e. The highest BCUT2D eigenvalue weighted by Crippen LogP contribution is 2.23. The molecule has 0 aromatic heterocycles. The summed E-state index contributed by atoms with van der Waals surface area (Å²) >= 11 is 3.75. The summed E-state index contributed by atoms with van der Waals surface area (Å²) in [6.45, 7) is 0.346. The molecule has 0 bridgehead atoms. The van der Waals surface area contributed by atoms with Crippen molar-refractivity contribution in [2.45, 2.75) is 5.25 Å². The normalized spacial score (nSPS) is 20.2. The van der Waals surface area contributed by atoms with Crippen LogP contribution < -0.4 is 5.32 Å². The van der Waals surface area contributed by atoms with Crippen molar-refractivity contribution in [1.82, 2.24) is 10.2 Å². The van der Waals surface area contributed by atoms with E-state index in [-0.39, 0.29) is 12.6 Å². The SMILES string of the molecule is CN(CC(=O)O)C(=O)NCC1CSCCS1. The highest BCUT2D eigenvalue weighted by molar-refractivity contribution is 8.06. The molecule has 0 saturated carbocycles. The van der Waals surface area contributed by atoms with E-state index < -0.39 is 5.97 Å². The van der Waals surface area contributed by atoms with Gasteiger partial charge in [-0.25, -0.2) is 4.79 Å². The fraction of sp³-hybridized carbons (Fsp3) is 0.778. The van der Waals surface area contributed by atoms with Crippen LogP contribution in [0, 0.1) is 0 Å². The maximum atomic E-state index is 11.5. The zero-order valence-corrected chi connectivity index (χ0v) is 10.8. The van der Waals surface area contributed by atoms with Gasteiger partial charge in [-0.15, -0.1) is 0 Å². The van der Waals surface area contributed by atoms with Crippen LogP contribution in [0.15, 0.2) is 0 Å². The molecular formula is C9H16N2O3S2. The van der Waals surface area contributed by atoms with Gasteiger partial charge in [0.15, 0.2) is 0 Å². The molecule has 0 aromatic carbocycles. The average molecular weight is 264 g/mol. The molecule has 0 aromatic rings. The zero-order chi connectivity index (χ0) is 12.0. The Morgan fingerprint density at radius 3 is 2.81 bits per heavy atom. The molecule has 7 heteroatoms. The van der Waals surface area contributed by atoms with Gasteiger partial charge in [-0.2, -0.15) is 23.5 Å². The molecular weight excluding hydrogens is 248 g/mol. The summed E-state index contributed by atoms with van der Waals surface area (Å²) < 4.78 is 0. The van der Waals surface area contributed by atoms with Crippen molar-refractivity contribution in [3.05, 3.63) is 0 Å². The van der Waals surface area contributed by atoms with Crippen LogP contribution in [-0.4, -0.2) is 64.7 Å². The molecule has 1 heterocycles. The molecule has 2 N–H and O–H groups in total. The second kappa shape index (κ2) is 6.90. The summed E-state index contributed by atoms with van der Waals surface area (Å²) in [5, 5.41) is 11.7. The standard InChI is InChI=1S/C9H16N2O3S2/c1-11(5-8(12)13)9(14)10-4-7-6-15-2-3-16-7/h7H,2-6H2,1H3,(H,10,14)(H,12,13). The fourth-order valence-electron chi connectivity index (χ4n) is 1.27. The van der Waals surface area contributed by atoms with Crippen LogP contribution in [0.5, 0.6) is 0 Å². The van der Waals surface area contributed by atoms with Gasteiger partial charge in [0, 0.05) is 36.1 Å². The van der Waals surface area contributed by atoms with Gasteiger partial charge in [-0.1, -0.05) is 0 Å². The molecule has 0 aliphatic carbocycles. The number of carbonyl (C=O) groups is 2. The molecule has 1 aliphatic heterocycles. The molecule has 92 valence electrons. The van der Waals surface area contributed by atoms with Crippen molar-refractivity contribution >= 4 is 35.5 Å². The van der Waals surface area contributed by atoms with E-state index >= 15 is 0 Å². The number of carboxylic acids is 1.